The third-order valence-corrected chi connectivity index (χ3v) is 3.00. The van der Waals surface area contributed by atoms with E-state index in [4.69, 9.17) is 4.74 Å². The zero-order chi connectivity index (χ0) is 10.7. The van der Waals surface area contributed by atoms with Gasteiger partial charge in [-0.2, -0.15) is 0 Å². The van der Waals surface area contributed by atoms with Gasteiger partial charge in [0.05, 0.1) is 0 Å². The number of carbonyl (C=O) groups excluding carboxylic acids is 1. The van der Waals surface area contributed by atoms with E-state index in [-0.39, 0.29) is 11.6 Å². The van der Waals surface area contributed by atoms with Crippen LogP contribution >= 0.6 is 0 Å². The van der Waals surface area contributed by atoms with Crippen LogP contribution in [0.4, 0.5) is 0 Å². The highest BCUT2D eigenvalue weighted by atomic mass is 16.6. The Morgan fingerprint density at radius 1 is 1.33 bits per heavy atom. The first-order valence-corrected chi connectivity index (χ1v) is 5.54. The lowest BCUT2D eigenvalue weighted by Crippen LogP contribution is -2.25. The van der Waals surface area contributed by atoms with E-state index in [1.807, 2.05) is 30.3 Å². The Morgan fingerprint density at radius 2 is 2.07 bits per heavy atom. The third-order valence-electron chi connectivity index (χ3n) is 3.00. The molecule has 1 atom stereocenters. The van der Waals surface area contributed by atoms with Gasteiger partial charge in [0.15, 0.2) is 0 Å². The van der Waals surface area contributed by atoms with E-state index in [2.05, 4.69) is 6.92 Å². The molecule has 1 saturated heterocycles. The van der Waals surface area contributed by atoms with Crippen LogP contribution in [0.3, 0.4) is 0 Å². The number of esters is 1. The van der Waals surface area contributed by atoms with Crippen molar-refractivity contribution in [1.29, 1.82) is 0 Å². The van der Waals surface area contributed by atoms with Gasteiger partial charge in [0.2, 0.25) is 0 Å². The molecule has 0 amide bonds. The molecule has 2 nitrogen and oxygen atoms in total. The molecule has 2 heteroatoms. The van der Waals surface area contributed by atoms with E-state index in [9.17, 15) is 4.79 Å². The van der Waals surface area contributed by atoms with E-state index < -0.39 is 0 Å². The van der Waals surface area contributed by atoms with E-state index >= 15 is 0 Å². The highest BCUT2D eigenvalue weighted by Crippen LogP contribution is 2.40. The molecule has 0 saturated carbocycles. The smallest absolute Gasteiger partial charge is 0.306 e. The number of hydrogen-bond acceptors (Lipinski definition) is 2. The molecule has 0 bridgehead atoms. The lowest BCUT2D eigenvalue weighted by Gasteiger charge is -2.27. The molecule has 1 aliphatic rings. The average molecular weight is 204 g/mol. The minimum absolute atomic E-state index is 0.0627. The zero-order valence-electron chi connectivity index (χ0n) is 9.03. The summed E-state index contributed by atoms with van der Waals surface area (Å²) in [6.45, 7) is 2.12. The summed E-state index contributed by atoms with van der Waals surface area (Å²) in [5, 5.41) is 0. The molecule has 15 heavy (non-hydrogen) atoms. The van der Waals surface area contributed by atoms with E-state index in [0.717, 1.165) is 24.8 Å². The van der Waals surface area contributed by atoms with Crippen LogP contribution in [0.25, 0.3) is 0 Å². The Morgan fingerprint density at radius 3 is 2.60 bits per heavy atom. The number of cyclic esters (lactones) is 1. The van der Waals surface area contributed by atoms with Gasteiger partial charge in [0, 0.05) is 12.8 Å². The van der Waals surface area contributed by atoms with Gasteiger partial charge < -0.3 is 4.74 Å². The Balaban J connectivity index is 2.31. The minimum atomic E-state index is -0.340. The van der Waals surface area contributed by atoms with Crippen molar-refractivity contribution in [3.8, 4) is 0 Å². The van der Waals surface area contributed by atoms with Crippen molar-refractivity contribution in [3.05, 3.63) is 35.9 Å². The predicted molar refractivity (Wildman–Crippen MR) is 58.4 cm³/mol. The maximum atomic E-state index is 11.3. The Kier molecular flexibility index (Phi) is 2.76. The summed E-state index contributed by atoms with van der Waals surface area (Å²) in [7, 11) is 0. The van der Waals surface area contributed by atoms with E-state index in [1.54, 1.807) is 0 Å². The molecule has 1 heterocycles. The molecule has 0 aromatic heterocycles. The van der Waals surface area contributed by atoms with E-state index in [0.29, 0.717) is 6.42 Å². The number of benzene rings is 1. The van der Waals surface area contributed by atoms with Crippen molar-refractivity contribution < 1.29 is 9.53 Å². The van der Waals surface area contributed by atoms with Crippen LogP contribution < -0.4 is 0 Å². The molecule has 1 fully saturated rings. The minimum Gasteiger partial charge on any atom is -0.454 e. The first kappa shape index (κ1) is 10.2. The van der Waals surface area contributed by atoms with Crippen LogP contribution in [0.5, 0.6) is 0 Å². The van der Waals surface area contributed by atoms with Crippen LogP contribution in [-0.2, 0) is 15.1 Å². The van der Waals surface area contributed by atoms with E-state index in [1.165, 1.54) is 0 Å². The SMILES string of the molecule is CCC[C@@]1(c2ccccc2)CCC(=O)O1. The zero-order valence-corrected chi connectivity index (χ0v) is 9.03. The molecule has 80 valence electrons. The fraction of sp³-hybridized carbons (Fsp3) is 0.462. The fourth-order valence-electron chi connectivity index (χ4n) is 2.29. The lowest BCUT2D eigenvalue weighted by molar-refractivity contribution is -0.149. The van der Waals surface area contributed by atoms with Gasteiger partial charge in [-0.3, -0.25) is 4.79 Å². The van der Waals surface area contributed by atoms with Crippen molar-refractivity contribution in [1.82, 2.24) is 0 Å². The second-order valence-corrected chi connectivity index (χ2v) is 4.08. The molecule has 0 N–H and O–H groups in total. The summed E-state index contributed by atoms with van der Waals surface area (Å²) in [6.07, 6.45) is 3.32. The largest absolute Gasteiger partial charge is 0.454 e. The summed E-state index contributed by atoms with van der Waals surface area (Å²) in [6, 6.07) is 10.1. The summed E-state index contributed by atoms with van der Waals surface area (Å²) < 4.78 is 5.54. The maximum absolute atomic E-state index is 11.3. The average Bonchev–Trinajstić information content (AvgIpc) is 2.63. The van der Waals surface area contributed by atoms with Crippen molar-refractivity contribution >= 4 is 5.97 Å². The quantitative estimate of drug-likeness (QED) is 0.707. The van der Waals surface area contributed by atoms with Crippen LogP contribution in [0.15, 0.2) is 30.3 Å². The number of carbonyl (C=O) groups is 1. The summed E-state index contributed by atoms with van der Waals surface area (Å²) in [5.74, 6) is -0.0627. The van der Waals surface area contributed by atoms with Crippen molar-refractivity contribution in [3.63, 3.8) is 0 Å². The Hall–Kier alpha value is -1.31. The monoisotopic (exact) mass is 204 g/mol. The summed E-state index contributed by atoms with van der Waals surface area (Å²) >= 11 is 0. The normalized spacial score (nSPS) is 25.3. The molecule has 2 rings (SSSR count). The van der Waals surface area contributed by atoms with Gasteiger partial charge in [0.25, 0.3) is 0 Å². The molecule has 0 aliphatic carbocycles. The summed E-state index contributed by atoms with van der Waals surface area (Å²) in [5.41, 5.74) is 0.797. The molecule has 0 unspecified atom stereocenters. The first-order chi connectivity index (χ1) is 7.27. The molecular formula is C13H16O2. The van der Waals surface area contributed by atoms with Gasteiger partial charge >= 0.3 is 5.97 Å². The second-order valence-electron chi connectivity index (χ2n) is 4.08. The van der Waals surface area contributed by atoms with Gasteiger partial charge in [-0.1, -0.05) is 43.7 Å². The predicted octanol–water partition coefficient (Wildman–Crippen LogP) is 3.02. The third kappa shape index (κ3) is 1.89. The Labute approximate surface area is 90.3 Å². The van der Waals surface area contributed by atoms with Gasteiger partial charge in [-0.05, 0) is 12.0 Å². The molecule has 0 spiro atoms. The standard InChI is InChI=1S/C13H16O2/c1-2-9-13(10-8-12(14)15-13)11-6-4-3-5-7-11/h3-7H,2,8-10H2,1H3/t13-/m0/s1. The summed E-state index contributed by atoms with van der Waals surface area (Å²) in [4.78, 5) is 11.3. The van der Waals surface area contributed by atoms with Crippen LogP contribution in [-0.4, -0.2) is 5.97 Å². The highest BCUT2D eigenvalue weighted by molar-refractivity contribution is 5.72. The van der Waals surface area contributed by atoms with Gasteiger partial charge in [-0.25, -0.2) is 0 Å². The van der Waals surface area contributed by atoms with Crippen molar-refractivity contribution in [2.24, 2.45) is 0 Å². The Bertz CT molecular complexity index is 345. The number of rotatable bonds is 3. The highest BCUT2D eigenvalue weighted by Gasteiger charge is 2.40. The second kappa shape index (κ2) is 4.05. The molecular weight excluding hydrogens is 188 g/mol. The molecule has 1 aromatic carbocycles. The van der Waals surface area contributed by atoms with Gasteiger partial charge in [0.1, 0.15) is 5.60 Å². The fourth-order valence-corrected chi connectivity index (χ4v) is 2.29. The molecule has 1 aliphatic heterocycles. The molecule has 0 radical (unpaired) electrons. The first-order valence-electron chi connectivity index (χ1n) is 5.54. The van der Waals surface area contributed by atoms with Crippen molar-refractivity contribution in [2.75, 3.05) is 0 Å². The van der Waals surface area contributed by atoms with Crippen LogP contribution in [0, 0.1) is 0 Å². The topological polar surface area (TPSA) is 26.3 Å². The number of hydrogen-bond donors (Lipinski definition) is 0. The lowest BCUT2D eigenvalue weighted by atomic mass is 9.87. The van der Waals surface area contributed by atoms with Crippen LogP contribution in [0.1, 0.15) is 38.2 Å². The maximum Gasteiger partial charge on any atom is 0.306 e. The van der Waals surface area contributed by atoms with Crippen LogP contribution in [0.2, 0.25) is 0 Å². The van der Waals surface area contributed by atoms with Crippen molar-refractivity contribution in [2.45, 2.75) is 38.2 Å². The number of ether oxygens (including phenoxy) is 1. The molecule has 1 aromatic rings. The van der Waals surface area contributed by atoms with Gasteiger partial charge in [-0.15, -0.1) is 0 Å².